The number of carbonyl (C=O) groups excluding carboxylic acids is 1. The fraction of sp³-hybridized carbons (Fsp3) is 0.562. The number of amides is 1. The third-order valence-corrected chi connectivity index (χ3v) is 4.81. The van der Waals surface area contributed by atoms with Crippen molar-refractivity contribution >= 4 is 27.5 Å². The second-order valence-corrected chi connectivity index (χ2v) is 6.57. The van der Waals surface area contributed by atoms with E-state index in [-0.39, 0.29) is 5.91 Å². The largest absolute Gasteiger partial charge is 0.399 e. The first-order valence-corrected chi connectivity index (χ1v) is 8.25. The van der Waals surface area contributed by atoms with Crippen molar-refractivity contribution in [1.82, 2.24) is 5.32 Å². The monoisotopic (exact) mass is 338 g/mol. The van der Waals surface area contributed by atoms with Crippen molar-refractivity contribution in [1.29, 1.82) is 0 Å². The molecule has 1 amide bonds. The minimum Gasteiger partial charge on any atom is -0.399 e. The first kappa shape index (κ1) is 15.4. The van der Waals surface area contributed by atoms with Gasteiger partial charge in [0.25, 0.3) is 5.91 Å². The molecule has 4 heteroatoms. The van der Waals surface area contributed by atoms with Crippen LogP contribution < -0.4 is 11.1 Å². The number of nitrogens with two attached hydrogens (primary N) is 1. The summed E-state index contributed by atoms with van der Waals surface area (Å²) in [5, 5.41) is 3.14. The Morgan fingerprint density at radius 2 is 2.05 bits per heavy atom. The van der Waals surface area contributed by atoms with Gasteiger partial charge >= 0.3 is 0 Å². The molecular weight excluding hydrogens is 316 g/mol. The fourth-order valence-corrected chi connectivity index (χ4v) is 3.41. The van der Waals surface area contributed by atoms with Gasteiger partial charge in [0.15, 0.2) is 0 Å². The van der Waals surface area contributed by atoms with Gasteiger partial charge in [-0.25, -0.2) is 0 Å². The highest BCUT2D eigenvalue weighted by Gasteiger charge is 2.22. The molecule has 0 bridgehead atoms. The summed E-state index contributed by atoms with van der Waals surface area (Å²) in [5.74, 6) is 0.829. The van der Waals surface area contributed by atoms with E-state index in [1.165, 1.54) is 25.7 Å². The highest BCUT2D eigenvalue weighted by atomic mass is 79.9. The molecule has 1 aromatic carbocycles. The summed E-state index contributed by atoms with van der Waals surface area (Å²) in [6.07, 6.45) is 7.24. The normalized spacial score (nSPS) is 22.5. The van der Waals surface area contributed by atoms with Crippen molar-refractivity contribution in [3.8, 4) is 0 Å². The number of anilines is 1. The molecule has 0 spiro atoms. The standard InChI is InChI=1S/C16H23BrN2O/c1-2-3-11-4-7-13(8-5-11)19-16(20)14-10-12(18)6-9-15(14)17/h6,9-11,13H,2-5,7-8,18H2,1H3,(H,19,20). The third-order valence-electron chi connectivity index (χ3n) is 4.11. The molecule has 1 saturated carbocycles. The van der Waals surface area contributed by atoms with E-state index in [0.717, 1.165) is 23.2 Å². The minimum absolute atomic E-state index is 0.0249. The number of nitrogens with one attached hydrogen (secondary N) is 1. The molecule has 1 aliphatic carbocycles. The van der Waals surface area contributed by atoms with Crippen molar-refractivity contribution in [2.24, 2.45) is 5.92 Å². The van der Waals surface area contributed by atoms with E-state index in [1.807, 2.05) is 6.07 Å². The average Bonchev–Trinajstić information content (AvgIpc) is 2.44. The highest BCUT2D eigenvalue weighted by molar-refractivity contribution is 9.10. The summed E-state index contributed by atoms with van der Waals surface area (Å²) < 4.78 is 0.795. The zero-order valence-corrected chi connectivity index (χ0v) is 13.6. The maximum absolute atomic E-state index is 12.3. The van der Waals surface area contributed by atoms with Gasteiger partial charge in [0.05, 0.1) is 5.56 Å². The Morgan fingerprint density at radius 1 is 1.35 bits per heavy atom. The second-order valence-electron chi connectivity index (χ2n) is 5.72. The molecule has 1 aliphatic rings. The molecule has 0 aromatic heterocycles. The molecule has 0 saturated heterocycles. The van der Waals surface area contributed by atoms with Gasteiger partial charge in [0, 0.05) is 16.2 Å². The minimum atomic E-state index is -0.0249. The Kier molecular flexibility index (Phi) is 5.46. The summed E-state index contributed by atoms with van der Waals surface area (Å²) in [5.41, 5.74) is 6.99. The van der Waals surface area contributed by atoms with Crippen molar-refractivity contribution in [2.75, 3.05) is 5.73 Å². The number of rotatable bonds is 4. The fourth-order valence-electron chi connectivity index (χ4n) is 2.98. The van der Waals surface area contributed by atoms with E-state index in [2.05, 4.69) is 28.2 Å². The maximum Gasteiger partial charge on any atom is 0.252 e. The van der Waals surface area contributed by atoms with Gasteiger partial charge in [0.2, 0.25) is 0 Å². The van der Waals surface area contributed by atoms with Crippen LogP contribution in [-0.4, -0.2) is 11.9 Å². The summed E-state index contributed by atoms with van der Waals surface area (Å²) in [6, 6.07) is 5.64. The Hall–Kier alpha value is -1.03. The van der Waals surface area contributed by atoms with Crippen LogP contribution in [0.5, 0.6) is 0 Å². The maximum atomic E-state index is 12.3. The lowest BCUT2D eigenvalue weighted by molar-refractivity contribution is 0.0920. The molecule has 20 heavy (non-hydrogen) atoms. The SMILES string of the molecule is CCCC1CCC(NC(=O)c2cc(N)ccc2Br)CC1. The quantitative estimate of drug-likeness (QED) is 0.811. The molecule has 2 rings (SSSR count). The first-order valence-electron chi connectivity index (χ1n) is 7.46. The van der Waals surface area contributed by atoms with Crippen LogP contribution in [0.25, 0.3) is 0 Å². The number of halogens is 1. The van der Waals surface area contributed by atoms with Gasteiger partial charge in [0.1, 0.15) is 0 Å². The topological polar surface area (TPSA) is 55.1 Å². The molecule has 0 radical (unpaired) electrons. The van der Waals surface area contributed by atoms with Crippen molar-refractivity contribution in [3.63, 3.8) is 0 Å². The molecule has 3 nitrogen and oxygen atoms in total. The lowest BCUT2D eigenvalue weighted by Crippen LogP contribution is -2.37. The Bertz CT molecular complexity index is 468. The summed E-state index contributed by atoms with van der Waals surface area (Å²) in [4.78, 5) is 12.3. The van der Waals surface area contributed by atoms with E-state index in [0.29, 0.717) is 17.3 Å². The Labute approximate surface area is 129 Å². The van der Waals surface area contributed by atoms with Crippen LogP contribution >= 0.6 is 15.9 Å². The first-order chi connectivity index (χ1) is 9.60. The van der Waals surface area contributed by atoms with Gasteiger partial charge in [-0.15, -0.1) is 0 Å². The predicted octanol–water partition coefficient (Wildman–Crippen LogP) is 4.12. The molecular formula is C16H23BrN2O. The summed E-state index contributed by atoms with van der Waals surface area (Å²) in [7, 11) is 0. The smallest absolute Gasteiger partial charge is 0.252 e. The average molecular weight is 339 g/mol. The van der Waals surface area contributed by atoms with Crippen LogP contribution in [0.15, 0.2) is 22.7 Å². The van der Waals surface area contributed by atoms with E-state index in [1.54, 1.807) is 12.1 Å². The van der Waals surface area contributed by atoms with Gasteiger partial charge in [-0.3, -0.25) is 4.79 Å². The van der Waals surface area contributed by atoms with Gasteiger partial charge in [-0.05, 0) is 65.7 Å². The Morgan fingerprint density at radius 3 is 2.70 bits per heavy atom. The van der Waals surface area contributed by atoms with Crippen molar-refractivity contribution in [2.45, 2.75) is 51.5 Å². The molecule has 0 aliphatic heterocycles. The summed E-state index contributed by atoms with van der Waals surface area (Å²) in [6.45, 7) is 2.24. The van der Waals surface area contributed by atoms with Crippen LogP contribution in [0, 0.1) is 5.92 Å². The molecule has 0 heterocycles. The lowest BCUT2D eigenvalue weighted by Gasteiger charge is -2.29. The van der Waals surface area contributed by atoms with E-state index in [9.17, 15) is 4.79 Å². The molecule has 3 N–H and O–H groups in total. The van der Waals surface area contributed by atoms with Gasteiger partial charge < -0.3 is 11.1 Å². The van der Waals surface area contributed by atoms with Gasteiger partial charge in [-0.1, -0.05) is 19.8 Å². The number of hydrogen-bond acceptors (Lipinski definition) is 2. The number of hydrogen-bond donors (Lipinski definition) is 2. The predicted molar refractivity (Wildman–Crippen MR) is 86.7 cm³/mol. The number of nitrogen functional groups attached to an aromatic ring is 1. The third kappa shape index (κ3) is 3.98. The molecule has 110 valence electrons. The molecule has 1 fully saturated rings. The van der Waals surface area contributed by atoms with Gasteiger partial charge in [-0.2, -0.15) is 0 Å². The highest BCUT2D eigenvalue weighted by Crippen LogP contribution is 2.28. The van der Waals surface area contributed by atoms with Crippen LogP contribution in [0.4, 0.5) is 5.69 Å². The van der Waals surface area contributed by atoms with Crippen LogP contribution in [0.3, 0.4) is 0 Å². The van der Waals surface area contributed by atoms with Crippen LogP contribution in [0.2, 0.25) is 0 Å². The van der Waals surface area contributed by atoms with Crippen LogP contribution in [-0.2, 0) is 0 Å². The molecule has 0 unspecified atom stereocenters. The van der Waals surface area contributed by atoms with E-state index < -0.39 is 0 Å². The van der Waals surface area contributed by atoms with Crippen LogP contribution in [0.1, 0.15) is 55.8 Å². The van der Waals surface area contributed by atoms with Crippen molar-refractivity contribution in [3.05, 3.63) is 28.2 Å². The molecule has 0 atom stereocenters. The zero-order chi connectivity index (χ0) is 14.5. The van der Waals surface area contributed by atoms with E-state index in [4.69, 9.17) is 5.73 Å². The molecule has 1 aromatic rings. The van der Waals surface area contributed by atoms with Crippen molar-refractivity contribution < 1.29 is 4.79 Å². The van der Waals surface area contributed by atoms with E-state index >= 15 is 0 Å². The second kappa shape index (κ2) is 7.11. The zero-order valence-electron chi connectivity index (χ0n) is 12.0. The number of carbonyl (C=O) groups is 1. The Balaban J connectivity index is 1.91. The summed E-state index contributed by atoms with van der Waals surface area (Å²) >= 11 is 3.41. The lowest BCUT2D eigenvalue weighted by atomic mass is 9.83. The number of benzene rings is 1.